The second-order valence-corrected chi connectivity index (χ2v) is 5.04. The maximum Gasteiger partial charge on any atom is 0.230 e. The fraction of sp³-hybridized carbons (Fsp3) is 0.462. The topological polar surface area (TPSA) is 29.1 Å². The highest BCUT2D eigenvalue weighted by molar-refractivity contribution is 9.08. The van der Waals surface area contributed by atoms with Gasteiger partial charge in [0.05, 0.1) is 0 Å². The summed E-state index contributed by atoms with van der Waals surface area (Å²) in [6.07, 6.45) is 0.829. The van der Waals surface area contributed by atoms with Crippen LogP contribution in [-0.2, 0) is 10.1 Å². The lowest BCUT2D eigenvalue weighted by atomic mass is 9.89. The van der Waals surface area contributed by atoms with Gasteiger partial charge in [-0.15, -0.1) is 0 Å². The zero-order valence-corrected chi connectivity index (χ0v) is 11.6. The van der Waals surface area contributed by atoms with Gasteiger partial charge in [0.2, 0.25) is 5.91 Å². The number of carbonyl (C=O) groups excluding carboxylic acids is 1. The molecule has 0 radical (unpaired) electrons. The summed E-state index contributed by atoms with van der Waals surface area (Å²) >= 11 is 3.41. The van der Waals surface area contributed by atoms with E-state index in [2.05, 4.69) is 21.2 Å². The minimum absolute atomic E-state index is 0.0726. The zero-order chi connectivity index (χ0) is 12.2. The third-order valence-electron chi connectivity index (χ3n) is 2.91. The summed E-state index contributed by atoms with van der Waals surface area (Å²) in [5.74, 6) is 0.0726. The fourth-order valence-corrected chi connectivity index (χ4v) is 1.70. The van der Waals surface area contributed by atoms with E-state index in [-0.39, 0.29) is 11.3 Å². The molecular weight excluding hydrogens is 266 g/mol. The van der Waals surface area contributed by atoms with Crippen molar-refractivity contribution >= 4 is 27.5 Å². The van der Waals surface area contributed by atoms with Gasteiger partial charge in [-0.25, -0.2) is 0 Å². The fourth-order valence-electron chi connectivity index (χ4n) is 1.21. The molecule has 0 fully saturated rings. The van der Waals surface area contributed by atoms with Gasteiger partial charge in [0, 0.05) is 16.4 Å². The standard InChI is InChI=1S/C13H18BrNO/c1-4-13(2,3)12(16)15-11-8-6-5-7-10(11)9-14/h5-8H,4,9H2,1-3H3,(H,15,16). The number of hydrogen-bond acceptors (Lipinski definition) is 1. The van der Waals surface area contributed by atoms with Crippen molar-refractivity contribution in [2.24, 2.45) is 5.41 Å². The number of amides is 1. The van der Waals surface area contributed by atoms with Crippen molar-refractivity contribution in [3.05, 3.63) is 29.8 Å². The van der Waals surface area contributed by atoms with Crippen molar-refractivity contribution in [2.75, 3.05) is 5.32 Å². The lowest BCUT2D eigenvalue weighted by molar-refractivity contribution is -0.124. The number of nitrogens with one attached hydrogen (secondary N) is 1. The number of benzene rings is 1. The van der Waals surface area contributed by atoms with Crippen molar-refractivity contribution in [2.45, 2.75) is 32.5 Å². The van der Waals surface area contributed by atoms with E-state index in [0.29, 0.717) is 0 Å². The van der Waals surface area contributed by atoms with Crippen LogP contribution in [0.15, 0.2) is 24.3 Å². The Morgan fingerprint density at radius 3 is 2.56 bits per heavy atom. The predicted molar refractivity (Wildman–Crippen MR) is 71.8 cm³/mol. The van der Waals surface area contributed by atoms with Crippen LogP contribution >= 0.6 is 15.9 Å². The molecule has 0 aliphatic heterocycles. The highest BCUT2D eigenvalue weighted by atomic mass is 79.9. The van der Waals surface area contributed by atoms with Gasteiger partial charge in [0.25, 0.3) is 0 Å². The first-order valence-electron chi connectivity index (χ1n) is 5.46. The number of halogens is 1. The number of hydrogen-bond donors (Lipinski definition) is 1. The summed E-state index contributed by atoms with van der Waals surface area (Å²) in [7, 11) is 0. The molecule has 16 heavy (non-hydrogen) atoms. The third kappa shape index (κ3) is 3.08. The Morgan fingerprint density at radius 2 is 2.00 bits per heavy atom. The molecule has 2 nitrogen and oxygen atoms in total. The lowest BCUT2D eigenvalue weighted by Crippen LogP contribution is -2.30. The van der Waals surface area contributed by atoms with Crippen LogP contribution in [0.5, 0.6) is 0 Å². The molecule has 0 aliphatic rings. The average molecular weight is 284 g/mol. The molecule has 0 spiro atoms. The van der Waals surface area contributed by atoms with E-state index in [1.54, 1.807) is 0 Å². The number of para-hydroxylation sites is 1. The molecule has 1 aromatic rings. The van der Waals surface area contributed by atoms with Crippen LogP contribution in [0.4, 0.5) is 5.69 Å². The van der Waals surface area contributed by atoms with E-state index in [1.165, 1.54) is 0 Å². The van der Waals surface area contributed by atoms with Gasteiger partial charge < -0.3 is 5.32 Å². The van der Waals surface area contributed by atoms with Crippen molar-refractivity contribution in [1.82, 2.24) is 0 Å². The molecule has 0 aromatic heterocycles. The van der Waals surface area contributed by atoms with Gasteiger partial charge in [0.1, 0.15) is 0 Å². The Balaban J connectivity index is 2.85. The monoisotopic (exact) mass is 283 g/mol. The number of rotatable bonds is 4. The molecule has 1 N–H and O–H groups in total. The van der Waals surface area contributed by atoms with E-state index in [4.69, 9.17) is 0 Å². The molecule has 88 valence electrons. The summed E-state index contributed by atoms with van der Waals surface area (Å²) < 4.78 is 0. The highest BCUT2D eigenvalue weighted by Crippen LogP contribution is 2.24. The summed E-state index contributed by atoms with van der Waals surface area (Å²) in [4.78, 5) is 12.0. The minimum atomic E-state index is -0.320. The van der Waals surface area contributed by atoms with E-state index < -0.39 is 0 Å². The average Bonchev–Trinajstić information content (AvgIpc) is 2.29. The van der Waals surface area contributed by atoms with Gasteiger partial charge in [-0.1, -0.05) is 54.9 Å². The molecule has 0 aliphatic carbocycles. The summed E-state index contributed by atoms with van der Waals surface area (Å²) in [5, 5.41) is 3.73. The van der Waals surface area contributed by atoms with Gasteiger partial charge in [-0.3, -0.25) is 4.79 Å². The van der Waals surface area contributed by atoms with Crippen molar-refractivity contribution in [3.63, 3.8) is 0 Å². The molecule has 3 heteroatoms. The summed E-state index contributed by atoms with van der Waals surface area (Å²) in [6, 6.07) is 7.83. The molecule has 0 bridgehead atoms. The van der Waals surface area contributed by atoms with Crippen molar-refractivity contribution in [3.8, 4) is 0 Å². The minimum Gasteiger partial charge on any atom is -0.325 e. The Bertz CT molecular complexity index is 374. The smallest absolute Gasteiger partial charge is 0.230 e. The van der Waals surface area contributed by atoms with E-state index >= 15 is 0 Å². The zero-order valence-electron chi connectivity index (χ0n) is 10.0. The normalized spacial score (nSPS) is 11.2. The Hall–Kier alpha value is -0.830. The van der Waals surface area contributed by atoms with E-state index in [1.807, 2.05) is 45.0 Å². The van der Waals surface area contributed by atoms with E-state index in [9.17, 15) is 4.79 Å². The van der Waals surface area contributed by atoms with Crippen LogP contribution in [0.3, 0.4) is 0 Å². The van der Waals surface area contributed by atoms with Crippen LogP contribution < -0.4 is 5.32 Å². The molecule has 0 saturated heterocycles. The summed E-state index contributed by atoms with van der Waals surface area (Å²) in [6.45, 7) is 5.94. The Morgan fingerprint density at radius 1 is 1.38 bits per heavy atom. The lowest BCUT2D eigenvalue weighted by Gasteiger charge is -2.22. The molecule has 0 unspecified atom stereocenters. The highest BCUT2D eigenvalue weighted by Gasteiger charge is 2.25. The first kappa shape index (κ1) is 13.2. The first-order chi connectivity index (χ1) is 7.51. The quantitative estimate of drug-likeness (QED) is 0.833. The molecule has 1 aromatic carbocycles. The van der Waals surface area contributed by atoms with Gasteiger partial charge >= 0.3 is 0 Å². The number of alkyl halides is 1. The Kier molecular flexibility index (Phi) is 4.54. The van der Waals surface area contributed by atoms with E-state index in [0.717, 1.165) is 23.0 Å². The van der Waals surface area contributed by atoms with Crippen LogP contribution in [0.1, 0.15) is 32.8 Å². The molecule has 0 saturated carbocycles. The van der Waals surface area contributed by atoms with Crippen LogP contribution in [0.2, 0.25) is 0 Å². The van der Waals surface area contributed by atoms with Crippen LogP contribution in [0, 0.1) is 5.41 Å². The number of anilines is 1. The molecule has 1 rings (SSSR count). The molecule has 1 amide bonds. The first-order valence-corrected chi connectivity index (χ1v) is 6.58. The SMILES string of the molecule is CCC(C)(C)C(=O)Nc1ccccc1CBr. The van der Waals surface area contributed by atoms with Crippen LogP contribution in [0.25, 0.3) is 0 Å². The molecular formula is C13H18BrNO. The molecule has 0 heterocycles. The van der Waals surface area contributed by atoms with Gasteiger partial charge in [0.15, 0.2) is 0 Å². The number of carbonyl (C=O) groups is 1. The second-order valence-electron chi connectivity index (χ2n) is 4.48. The second kappa shape index (κ2) is 5.48. The third-order valence-corrected chi connectivity index (χ3v) is 3.51. The maximum atomic E-state index is 12.0. The van der Waals surface area contributed by atoms with Crippen molar-refractivity contribution in [1.29, 1.82) is 0 Å². The maximum absolute atomic E-state index is 12.0. The summed E-state index contributed by atoms with van der Waals surface area (Å²) in [5.41, 5.74) is 1.67. The molecule has 0 atom stereocenters. The van der Waals surface area contributed by atoms with Gasteiger partial charge in [-0.05, 0) is 18.1 Å². The predicted octanol–water partition coefficient (Wildman–Crippen LogP) is 3.96. The van der Waals surface area contributed by atoms with Crippen LogP contribution in [-0.4, -0.2) is 5.91 Å². The van der Waals surface area contributed by atoms with Gasteiger partial charge in [-0.2, -0.15) is 0 Å². The largest absolute Gasteiger partial charge is 0.325 e. The van der Waals surface area contributed by atoms with Crippen molar-refractivity contribution < 1.29 is 4.79 Å². The Labute approximate surface area is 106 Å².